The standard InChI is InChI=1S/C15H10ClFN2O2/c1-20-12-8-19-15(13-11(12)5-6-18-14(13)16)21-10-4-2-3-9(17)7-10/h2-8H,1H3. The molecule has 0 aliphatic heterocycles. The van der Waals surface area contributed by atoms with Crippen LogP contribution in [0.3, 0.4) is 0 Å². The Hall–Kier alpha value is -2.40. The molecule has 0 aliphatic rings. The first-order chi connectivity index (χ1) is 10.2. The van der Waals surface area contributed by atoms with E-state index >= 15 is 0 Å². The number of nitrogens with zero attached hydrogens (tertiary/aromatic N) is 2. The zero-order valence-electron chi connectivity index (χ0n) is 11.0. The van der Waals surface area contributed by atoms with Crippen LogP contribution in [-0.2, 0) is 0 Å². The van der Waals surface area contributed by atoms with Crippen LogP contribution in [0.15, 0.2) is 42.7 Å². The van der Waals surface area contributed by atoms with Crippen molar-refractivity contribution in [2.45, 2.75) is 0 Å². The molecule has 0 aliphatic carbocycles. The molecule has 6 heteroatoms. The lowest BCUT2D eigenvalue weighted by molar-refractivity contribution is 0.414. The molecule has 2 heterocycles. The maximum Gasteiger partial charge on any atom is 0.230 e. The molecule has 2 aromatic heterocycles. The van der Waals surface area contributed by atoms with Gasteiger partial charge in [0.2, 0.25) is 5.88 Å². The lowest BCUT2D eigenvalue weighted by Gasteiger charge is -2.11. The molecular weight excluding hydrogens is 295 g/mol. The van der Waals surface area contributed by atoms with Gasteiger partial charge < -0.3 is 9.47 Å². The molecule has 1 aromatic carbocycles. The number of aromatic nitrogens is 2. The van der Waals surface area contributed by atoms with Crippen LogP contribution in [-0.4, -0.2) is 17.1 Å². The molecule has 21 heavy (non-hydrogen) atoms. The Kier molecular flexibility index (Phi) is 3.58. The van der Waals surface area contributed by atoms with E-state index in [1.54, 1.807) is 24.4 Å². The summed E-state index contributed by atoms with van der Waals surface area (Å²) in [5, 5.41) is 1.48. The van der Waals surface area contributed by atoms with Gasteiger partial charge >= 0.3 is 0 Å². The van der Waals surface area contributed by atoms with E-state index in [0.29, 0.717) is 16.9 Å². The van der Waals surface area contributed by atoms with Crippen molar-refractivity contribution in [1.29, 1.82) is 0 Å². The fraction of sp³-hybridized carbons (Fsp3) is 0.0667. The van der Waals surface area contributed by atoms with E-state index < -0.39 is 5.82 Å². The first-order valence-corrected chi connectivity index (χ1v) is 6.47. The highest BCUT2D eigenvalue weighted by molar-refractivity contribution is 6.34. The summed E-state index contributed by atoms with van der Waals surface area (Å²) in [7, 11) is 1.54. The van der Waals surface area contributed by atoms with Gasteiger partial charge in [0.05, 0.1) is 18.7 Å². The number of hydrogen-bond donors (Lipinski definition) is 0. The van der Waals surface area contributed by atoms with Gasteiger partial charge in [-0.1, -0.05) is 17.7 Å². The van der Waals surface area contributed by atoms with E-state index in [0.717, 1.165) is 5.39 Å². The fourth-order valence-electron chi connectivity index (χ4n) is 1.98. The molecule has 0 atom stereocenters. The Bertz CT molecular complexity index is 811. The number of benzene rings is 1. The molecule has 106 valence electrons. The van der Waals surface area contributed by atoms with Crippen molar-refractivity contribution in [3.05, 3.63) is 53.7 Å². The number of pyridine rings is 2. The van der Waals surface area contributed by atoms with E-state index in [4.69, 9.17) is 21.1 Å². The van der Waals surface area contributed by atoms with Crippen LogP contribution in [0.4, 0.5) is 4.39 Å². The summed E-state index contributed by atoms with van der Waals surface area (Å²) in [4.78, 5) is 8.19. The molecule has 0 saturated carbocycles. The smallest absolute Gasteiger partial charge is 0.230 e. The van der Waals surface area contributed by atoms with Crippen molar-refractivity contribution in [3.8, 4) is 17.4 Å². The van der Waals surface area contributed by atoms with Gasteiger partial charge in [0, 0.05) is 17.6 Å². The third-order valence-corrected chi connectivity index (χ3v) is 3.20. The summed E-state index contributed by atoms with van der Waals surface area (Å²) in [5.74, 6) is 0.735. The molecule has 3 aromatic rings. The minimum absolute atomic E-state index is 0.241. The maximum absolute atomic E-state index is 13.2. The number of halogens is 2. The Morgan fingerprint density at radius 2 is 2.05 bits per heavy atom. The number of fused-ring (bicyclic) bond motifs is 1. The third kappa shape index (κ3) is 2.60. The zero-order valence-corrected chi connectivity index (χ0v) is 11.8. The number of methoxy groups -OCH3 is 1. The maximum atomic E-state index is 13.2. The molecule has 0 radical (unpaired) electrons. The van der Waals surface area contributed by atoms with E-state index in [9.17, 15) is 4.39 Å². The normalized spacial score (nSPS) is 10.6. The predicted octanol–water partition coefficient (Wildman–Crippen LogP) is 4.22. The topological polar surface area (TPSA) is 44.2 Å². The van der Waals surface area contributed by atoms with Gasteiger partial charge in [-0.05, 0) is 18.2 Å². The van der Waals surface area contributed by atoms with Gasteiger partial charge in [-0.25, -0.2) is 14.4 Å². The highest BCUT2D eigenvalue weighted by Gasteiger charge is 2.14. The van der Waals surface area contributed by atoms with Crippen molar-refractivity contribution in [2.75, 3.05) is 7.11 Å². The van der Waals surface area contributed by atoms with Crippen LogP contribution in [0.1, 0.15) is 0 Å². The first kappa shape index (κ1) is 13.6. The Morgan fingerprint density at radius 3 is 2.81 bits per heavy atom. The Balaban J connectivity index is 2.15. The molecule has 3 rings (SSSR count). The highest BCUT2D eigenvalue weighted by atomic mass is 35.5. The van der Waals surface area contributed by atoms with Crippen LogP contribution in [0, 0.1) is 5.82 Å². The summed E-state index contributed by atoms with van der Waals surface area (Å²) < 4.78 is 24.1. The number of rotatable bonds is 3. The van der Waals surface area contributed by atoms with Gasteiger partial charge in [0.1, 0.15) is 22.5 Å². The average molecular weight is 305 g/mol. The molecule has 0 N–H and O–H groups in total. The summed E-state index contributed by atoms with van der Waals surface area (Å²) in [6, 6.07) is 7.53. The third-order valence-electron chi connectivity index (χ3n) is 2.91. The van der Waals surface area contributed by atoms with Gasteiger partial charge in [-0.2, -0.15) is 0 Å². The molecule has 0 unspecified atom stereocenters. The van der Waals surface area contributed by atoms with Crippen LogP contribution < -0.4 is 9.47 Å². The molecular formula is C15H10ClFN2O2. The average Bonchev–Trinajstić information content (AvgIpc) is 2.47. The van der Waals surface area contributed by atoms with Crippen molar-refractivity contribution >= 4 is 22.4 Å². The van der Waals surface area contributed by atoms with E-state index in [2.05, 4.69) is 9.97 Å². The van der Waals surface area contributed by atoms with Gasteiger partial charge in [0.15, 0.2) is 0 Å². The fourth-order valence-corrected chi connectivity index (χ4v) is 2.22. The molecule has 0 fully saturated rings. The second-order valence-corrected chi connectivity index (χ2v) is 4.57. The lowest BCUT2D eigenvalue weighted by Crippen LogP contribution is -1.94. The number of hydrogen-bond acceptors (Lipinski definition) is 4. The SMILES string of the molecule is COc1cnc(Oc2cccc(F)c2)c2c(Cl)nccc12. The summed E-state index contributed by atoms with van der Waals surface area (Å²) in [5.41, 5.74) is 0. The van der Waals surface area contributed by atoms with Crippen LogP contribution in [0.25, 0.3) is 10.8 Å². The lowest BCUT2D eigenvalue weighted by atomic mass is 10.2. The predicted molar refractivity (Wildman–Crippen MR) is 77.6 cm³/mol. The van der Waals surface area contributed by atoms with E-state index in [1.165, 1.54) is 25.4 Å². The van der Waals surface area contributed by atoms with E-state index in [-0.39, 0.29) is 11.0 Å². The van der Waals surface area contributed by atoms with Gasteiger partial charge in [-0.3, -0.25) is 0 Å². The van der Waals surface area contributed by atoms with Gasteiger partial charge in [0.25, 0.3) is 0 Å². The van der Waals surface area contributed by atoms with Crippen molar-refractivity contribution in [2.24, 2.45) is 0 Å². The second kappa shape index (κ2) is 5.54. The van der Waals surface area contributed by atoms with Crippen LogP contribution in [0.5, 0.6) is 17.4 Å². The highest BCUT2D eigenvalue weighted by Crippen LogP contribution is 2.36. The quantitative estimate of drug-likeness (QED) is 0.679. The van der Waals surface area contributed by atoms with Crippen molar-refractivity contribution in [3.63, 3.8) is 0 Å². The van der Waals surface area contributed by atoms with Crippen molar-refractivity contribution in [1.82, 2.24) is 9.97 Å². The molecule has 4 nitrogen and oxygen atoms in total. The largest absolute Gasteiger partial charge is 0.494 e. The van der Waals surface area contributed by atoms with Crippen LogP contribution >= 0.6 is 11.6 Å². The van der Waals surface area contributed by atoms with E-state index in [1.807, 2.05) is 0 Å². The summed E-state index contributed by atoms with van der Waals surface area (Å²) in [6.45, 7) is 0. The van der Waals surface area contributed by atoms with Crippen LogP contribution in [0.2, 0.25) is 5.15 Å². The summed E-state index contributed by atoms with van der Waals surface area (Å²) >= 11 is 6.13. The molecule has 0 bridgehead atoms. The minimum atomic E-state index is -0.394. The Morgan fingerprint density at radius 1 is 1.19 bits per heavy atom. The minimum Gasteiger partial charge on any atom is -0.494 e. The molecule has 0 spiro atoms. The zero-order chi connectivity index (χ0) is 14.8. The number of ether oxygens (including phenoxy) is 2. The van der Waals surface area contributed by atoms with Gasteiger partial charge in [-0.15, -0.1) is 0 Å². The Labute approximate surface area is 125 Å². The monoisotopic (exact) mass is 304 g/mol. The second-order valence-electron chi connectivity index (χ2n) is 4.22. The molecule has 0 amide bonds. The van der Waals surface area contributed by atoms with Crippen molar-refractivity contribution < 1.29 is 13.9 Å². The summed E-state index contributed by atoms with van der Waals surface area (Å²) in [6.07, 6.45) is 3.09. The first-order valence-electron chi connectivity index (χ1n) is 6.09. The molecule has 0 saturated heterocycles.